The van der Waals surface area contributed by atoms with E-state index in [1.54, 1.807) is 19.2 Å². The number of rotatable bonds is 5. The van der Waals surface area contributed by atoms with Crippen molar-refractivity contribution in [3.05, 3.63) is 53.6 Å². The zero-order chi connectivity index (χ0) is 13.9. The molecule has 0 saturated heterocycles. The third kappa shape index (κ3) is 2.87. The molecule has 104 valence electrons. The first-order valence-corrected chi connectivity index (χ1v) is 6.96. The Morgan fingerprint density at radius 2 is 2.05 bits per heavy atom. The van der Waals surface area contributed by atoms with Crippen molar-refractivity contribution in [2.24, 2.45) is 0 Å². The van der Waals surface area contributed by atoms with E-state index in [0.29, 0.717) is 5.75 Å². The van der Waals surface area contributed by atoms with Crippen molar-refractivity contribution < 1.29 is 9.84 Å². The van der Waals surface area contributed by atoms with Crippen LogP contribution in [0, 0.1) is 0 Å². The summed E-state index contributed by atoms with van der Waals surface area (Å²) in [5, 5.41) is 13.1. The minimum absolute atomic E-state index is 0.157. The first-order valence-electron chi connectivity index (χ1n) is 6.96. The number of phenolic OH excluding ortho intramolecular Hbond substituents is 1. The highest BCUT2D eigenvalue weighted by Gasteiger charge is 2.23. The summed E-state index contributed by atoms with van der Waals surface area (Å²) in [4.78, 5) is 0. The Hall–Kier alpha value is -2.16. The lowest BCUT2D eigenvalue weighted by atomic mass is 10.1. The number of ether oxygens (including phenoxy) is 1. The van der Waals surface area contributed by atoms with Gasteiger partial charge in [-0.25, -0.2) is 0 Å². The summed E-state index contributed by atoms with van der Waals surface area (Å²) in [6.45, 7) is 0.756. The summed E-state index contributed by atoms with van der Waals surface area (Å²) in [5.74, 6) is 1.43. The maximum absolute atomic E-state index is 9.75. The standard InChI is InChI=1S/C17H19NO2/c1-20-17-8-7-15(10-16(17)19)18-11-12-3-2-4-14(9-12)13-5-6-13/h2-4,7-10,13,18-19H,5-6,11H2,1H3. The van der Waals surface area contributed by atoms with Gasteiger partial charge < -0.3 is 15.2 Å². The second kappa shape index (κ2) is 5.45. The van der Waals surface area contributed by atoms with Crippen LogP contribution in [0.4, 0.5) is 5.69 Å². The lowest BCUT2D eigenvalue weighted by Gasteiger charge is -2.10. The fourth-order valence-electron chi connectivity index (χ4n) is 2.38. The number of phenols is 1. The number of aromatic hydroxyl groups is 1. The smallest absolute Gasteiger partial charge is 0.160 e. The summed E-state index contributed by atoms with van der Waals surface area (Å²) >= 11 is 0. The lowest BCUT2D eigenvalue weighted by Crippen LogP contribution is -2.00. The van der Waals surface area contributed by atoms with Gasteiger partial charge in [0.05, 0.1) is 7.11 Å². The van der Waals surface area contributed by atoms with Gasteiger partial charge in [0.2, 0.25) is 0 Å². The molecule has 1 fully saturated rings. The van der Waals surface area contributed by atoms with Gasteiger partial charge in [0.25, 0.3) is 0 Å². The fraction of sp³-hybridized carbons (Fsp3) is 0.294. The van der Waals surface area contributed by atoms with Crippen molar-refractivity contribution in [2.75, 3.05) is 12.4 Å². The molecule has 0 spiro atoms. The number of hydrogen-bond donors (Lipinski definition) is 2. The molecule has 3 nitrogen and oxygen atoms in total. The van der Waals surface area contributed by atoms with Gasteiger partial charge in [0.15, 0.2) is 11.5 Å². The molecular formula is C17H19NO2. The molecule has 0 radical (unpaired) electrons. The largest absolute Gasteiger partial charge is 0.504 e. The molecule has 0 heterocycles. The average Bonchev–Trinajstić information content (AvgIpc) is 3.30. The average molecular weight is 269 g/mol. The van der Waals surface area contributed by atoms with Crippen LogP contribution in [0.15, 0.2) is 42.5 Å². The highest BCUT2D eigenvalue weighted by atomic mass is 16.5. The highest BCUT2D eigenvalue weighted by Crippen LogP contribution is 2.40. The molecule has 2 N–H and O–H groups in total. The van der Waals surface area contributed by atoms with Gasteiger partial charge in [-0.3, -0.25) is 0 Å². The molecule has 0 amide bonds. The van der Waals surface area contributed by atoms with E-state index < -0.39 is 0 Å². The molecule has 2 aromatic carbocycles. The second-order valence-corrected chi connectivity index (χ2v) is 5.26. The van der Waals surface area contributed by atoms with Gasteiger partial charge in [-0.2, -0.15) is 0 Å². The van der Waals surface area contributed by atoms with Crippen LogP contribution in [0.25, 0.3) is 0 Å². The number of methoxy groups -OCH3 is 1. The number of nitrogens with one attached hydrogen (secondary N) is 1. The quantitative estimate of drug-likeness (QED) is 0.865. The van der Waals surface area contributed by atoms with Gasteiger partial charge >= 0.3 is 0 Å². The predicted octanol–water partition coefficient (Wildman–Crippen LogP) is 3.89. The normalized spacial score (nSPS) is 14.1. The molecule has 0 unspecified atom stereocenters. The summed E-state index contributed by atoms with van der Waals surface area (Å²) in [6, 6.07) is 14.1. The van der Waals surface area contributed by atoms with E-state index in [1.165, 1.54) is 24.0 Å². The van der Waals surface area contributed by atoms with Crippen molar-refractivity contribution in [3.63, 3.8) is 0 Å². The molecule has 3 heteroatoms. The lowest BCUT2D eigenvalue weighted by molar-refractivity contribution is 0.373. The molecule has 0 bridgehead atoms. The minimum Gasteiger partial charge on any atom is -0.504 e. The maximum atomic E-state index is 9.75. The number of benzene rings is 2. The predicted molar refractivity (Wildman–Crippen MR) is 80.4 cm³/mol. The molecular weight excluding hydrogens is 250 g/mol. The molecule has 1 aliphatic rings. The van der Waals surface area contributed by atoms with Gasteiger partial charge in [-0.05, 0) is 42.0 Å². The zero-order valence-corrected chi connectivity index (χ0v) is 11.6. The van der Waals surface area contributed by atoms with Crippen LogP contribution >= 0.6 is 0 Å². The van der Waals surface area contributed by atoms with E-state index in [1.807, 2.05) is 6.07 Å². The van der Waals surface area contributed by atoms with Crippen molar-refractivity contribution in [2.45, 2.75) is 25.3 Å². The van der Waals surface area contributed by atoms with Crippen LogP contribution in [0.3, 0.4) is 0 Å². The van der Waals surface area contributed by atoms with Crippen LogP contribution in [0.5, 0.6) is 11.5 Å². The Kier molecular flexibility index (Phi) is 3.50. The number of hydrogen-bond acceptors (Lipinski definition) is 3. The molecule has 0 atom stereocenters. The topological polar surface area (TPSA) is 41.5 Å². The summed E-state index contributed by atoms with van der Waals surface area (Å²) in [7, 11) is 1.55. The monoisotopic (exact) mass is 269 g/mol. The third-order valence-corrected chi connectivity index (χ3v) is 3.68. The van der Waals surface area contributed by atoms with Crippen molar-refractivity contribution >= 4 is 5.69 Å². The molecule has 0 aliphatic heterocycles. The molecule has 1 saturated carbocycles. The number of anilines is 1. The van der Waals surface area contributed by atoms with Crippen molar-refractivity contribution in [3.8, 4) is 11.5 Å². The van der Waals surface area contributed by atoms with E-state index in [0.717, 1.165) is 18.2 Å². The Balaban J connectivity index is 1.66. The van der Waals surface area contributed by atoms with E-state index in [2.05, 4.69) is 29.6 Å². The van der Waals surface area contributed by atoms with Crippen LogP contribution in [-0.2, 0) is 6.54 Å². The summed E-state index contributed by atoms with van der Waals surface area (Å²) < 4.78 is 5.03. The summed E-state index contributed by atoms with van der Waals surface area (Å²) in [5.41, 5.74) is 3.60. The Morgan fingerprint density at radius 3 is 2.75 bits per heavy atom. The zero-order valence-electron chi connectivity index (χ0n) is 11.6. The highest BCUT2D eigenvalue weighted by molar-refractivity contribution is 5.54. The van der Waals surface area contributed by atoms with E-state index >= 15 is 0 Å². The molecule has 3 rings (SSSR count). The van der Waals surface area contributed by atoms with Gasteiger partial charge in [-0.1, -0.05) is 24.3 Å². The SMILES string of the molecule is COc1ccc(NCc2cccc(C3CC3)c2)cc1O. The summed E-state index contributed by atoms with van der Waals surface area (Å²) in [6.07, 6.45) is 2.65. The third-order valence-electron chi connectivity index (χ3n) is 3.68. The van der Waals surface area contributed by atoms with Crippen LogP contribution < -0.4 is 10.1 Å². The van der Waals surface area contributed by atoms with E-state index in [9.17, 15) is 5.11 Å². The Labute approximate surface area is 119 Å². The molecule has 20 heavy (non-hydrogen) atoms. The van der Waals surface area contributed by atoms with Gasteiger partial charge in [-0.15, -0.1) is 0 Å². The van der Waals surface area contributed by atoms with E-state index in [4.69, 9.17) is 4.74 Å². The Bertz CT molecular complexity index is 606. The van der Waals surface area contributed by atoms with Crippen LogP contribution in [0.2, 0.25) is 0 Å². The van der Waals surface area contributed by atoms with Gasteiger partial charge in [0.1, 0.15) is 0 Å². The molecule has 0 aromatic heterocycles. The second-order valence-electron chi connectivity index (χ2n) is 5.26. The van der Waals surface area contributed by atoms with Crippen molar-refractivity contribution in [1.29, 1.82) is 0 Å². The maximum Gasteiger partial charge on any atom is 0.160 e. The van der Waals surface area contributed by atoms with Gasteiger partial charge in [0, 0.05) is 18.3 Å². The first kappa shape index (κ1) is 12.9. The fourth-order valence-corrected chi connectivity index (χ4v) is 2.38. The Morgan fingerprint density at radius 1 is 1.20 bits per heavy atom. The minimum atomic E-state index is 0.157. The van der Waals surface area contributed by atoms with Crippen LogP contribution in [-0.4, -0.2) is 12.2 Å². The van der Waals surface area contributed by atoms with Crippen LogP contribution in [0.1, 0.15) is 29.9 Å². The first-order chi connectivity index (χ1) is 9.76. The van der Waals surface area contributed by atoms with Crippen molar-refractivity contribution in [1.82, 2.24) is 0 Å². The molecule has 1 aliphatic carbocycles. The molecule has 2 aromatic rings. The van der Waals surface area contributed by atoms with E-state index in [-0.39, 0.29) is 5.75 Å².